The summed E-state index contributed by atoms with van der Waals surface area (Å²) in [4.78, 5) is 37.1. The van der Waals surface area contributed by atoms with Gasteiger partial charge < -0.3 is 14.8 Å². The van der Waals surface area contributed by atoms with E-state index < -0.39 is 17.9 Å². The van der Waals surface area contributed by atoms with Gasteiger partial charge in [-0.25, -0.2) is 4.79 Å². The van der Waals surface area contributed by atoms with Gasteiger partial charge in [0.15, 0.2) is 19.0 Å². The first kappa shape index (κ1) is 21.6. The van der Waals surface area contributed by atoms with E-state index in [9.17, 15) is 14.4 Å². The smallest absolute Gasteiger partial charge is 0.329 e. The molecule has 0 aromatic heterocycles. The van der Waals surface area contributed by atoms with Crippen LogP contribution >= 0.6 is 0 Å². The minimum absolute atomic E-state index is 0.201. The Kier molecular flexibility index (Phi) is 7.22. The van der Waals surface area contributed by atoms with Crippen LogP contribution in [0.4, 0.5) is 0 Å². The third-order valence-electron chi connectivity index (χ3n) is 5.12. The van der Waals surface area contributed by atoms with Crippen LogP contribution in [0.2, 0.25) is 0 Å². The number of aryl methyl sites for hydroxylation is 2. The van der Waals surface area contributed by atoms with Gasteiger partial charge in [-0.15, -0.1) is 0 Å². The van der Waals surface area contributed by atoms with Crippen LogP contribution in [0, 0.1) is 5.92 Å². The second-order valence-corrected chi connectivity index (χ2v) is 7.76. The number of esters is 1. The summed E-state index contributed by atoms with van der Waals surface area (Å²) in [6, 6.07) is 13.7. The number of nitrogens with one attached hydrogen (secondary N) is 1. The van der Waals surface area contributed by atoms with Gasteiger partial charge in [0.1, 0.15) is 11.8 Å². The van der Waals surface area contributed by atoms with Crippen molar-refractivity contribution in [2.75, 3.05) is 13.2 Å². The van der Waals surface area contributed by atoms with Gasteiger partial charge in [0.2, 0.25) is 0 Å². The van der Waals surface area contributed by atoms with Gasteiger partial charge >= 0.3 is 5.97 Å². The predicted octanol–water partition coefficient (Wildman–Crippen LogP) is 3.12. The van der Waals surface area contributed by atoms with Crippen molar-refractivity contribution in [1.82, 2.24) is 5.32 Å². The molecule has 6 nitrogen and oxygen atoms in total. The van der Waals surface area contributed by atoms with Crippen LogP contribution in [0.5, 0.6) is 5.75 Å². The van der Waals surface area contributed by atoms with Gasteiger partial charge in [0.25, 0.3) is 5.91 Å². The molecular formula is C24H27NO5. The molecule has 1 amide bonds. The Bertz CT molecular complexity index is 907. The van der Waals surface area contributed by atoms with Gasteiger partial charge in [-0.1, -0.05) is 44.2 Å². The second-order valence-electron chi connectivity index (χ2n) is 7.76. The minimum Gasteiger partial charge on any atom is -0.484 e. The first-order valence-electron chi connectivity index (χ1n) is 10.2. The number of hydrogen-bond acceptors (Lipinski definition) is 5. The number of Topliss-reactive ketones (excluding diaryl/α,β-unsaturated/α-hetero) is 1. The molecule has 0 bridgehead atoms. The van der Waals surface area contributed by atoms with Gasteiger partial charge in [0.05, 0.1) is 0 Å². The van der Waals surface area contributed by atoms with E-state index in [1.807, 2.05) is 18.2 Å². The van der Waals surface area contributed by atoms with E-state index in [-0.39, 0.29) is 24.9 Å². The van der Waals surface area contributed by atoms with Crippen molar-refractivity contribution in [1.29, 1.82) is 0 Å². The van der Waals surface area contributed by atoms with Crippen molar-refractivity contribution in [2.24, 2.45) is 5.92 Å². The number of amides is 1. The average Bonchev–Trinajstić information content (AvgIpc) is 3.22. The molecule has 158 valence electrons. The molecule has 0 heterocycles. The summed E-state index contributed by atoms with van der Waals surface area (Å²) in [5.41, 5.74) is 3.02. The topological polar surface area (TPSA) is 81.7 Å². The highest BCUT2D eigenvalue weighted by atomic mass is 16.5. The fourth-order valence-electron chi connectivity index (χ4n) is 3.43. The molecule has 2 aromatic rings. The Hall–Kier alpha value is -3.15. The zero-order valence-electron chi connectivity index (χ0n) is 17.4. The van der Waals surface area contributed by atoms with E-state index in [4.69, 9.17) is 9.47 Å². The third kappa shape index (κ3) is 5.69. The van der Waals surface area contributed by atoms with Crippen molar-refractivity contribution < 1.29 is 23.9 Å². The SMILES string of the molecule is CC(C)[C@H](NC(=O)COc1ccccc1)C(=O)OCC(=O)c1ccc2c(c1)CCC2. The Morgan fingerprint density at radius 1 is 0.967 bits per heavy atom. The number of ketones is 1. The molecule has 1 aliphatic carbocycles. The summed E-state index contributed by atoms with van der Waals surface area (Å²) in [7, 11) is 0. The standard InChI is InChI=1S/C24H27NO5/c1-16(2)23(25-22(27)15-29-20-9-4-3-5-10-20)24(28)30-14-21(26)19-12-11-17-7-6-8-18(17)13-19/h3-5,9-13,16,23H,6-8,14-15H2,1-2H3,(H,25,27)/t23-/m0/s1. The van der Waals surface area contributed by atoms with Crippen LogP contribution < -0.4 is 10.1 Å². The Morgan fingerprint density at radius 2 is 1.70 bits per heavy atom. The molecule has 0 unspecified atom stereocenters. The number of ether oxygens (including phenoxy) is 2. The van der Waals surface area contributed by atoms with Crippen molar-refractivity contribution in [3.63, 3.8) is 0 Å². The van der Waals surface area contributed by atoms with Crippen molar-refractivity contribution >= 4 is 17.7 Å². The normalized spacial score (nSPS) is 13.4. The van der Waals surface area contributed by atoms with E-state index in [0.29, 0.717) is 11.3 Å². The van der Waals surface area contributed by atoms with E-state index in [0.717, 1.165) is 19.3 Å². The summed E-state index contributed by atoms with van der Waals surface area (Å²) >= 11 is 0. The van der Waals surface area contributed by atoms with Crippen LogP contribution in [0.15, 0.2) is 48.5 Å². The Balaban J connectivity index is 1.51. The maximum Gasteiger partial charge on any atom is 0.329 e. The van der Waals surface area contributed by atoms with E-state index >= 15 is 0 Å². The molecule has 3 rings (SSSR count). The Labute approximate surface area is 176 Å². The molecule has 30 heavy (non-hydrogen) atoms. The second kappa shape index (κ2) is 10.1. The van der Waals surface area contributed by atoms with Crippen molar-refractivity contribution in [3.05, 3.63) is 65.2 Å². The zero-order valence-corrected chi connectivity index (χ0v) is 17.4. The predicted molar refractivity (Wildman–Crippen MR) is 112 cm³/mol. The quantitative estimate of drug-likeness (QED) is 0.508. The summed E-state index contributed by atoms with van der Waals surface area (Å²) in [6.07, 6.45) is 3.12. The molecule has 2 aromatic carbocycles. The van der Waals surface area contributed by atoms with Gasteiger partial charge in [-0.3, -0.25) is 9.59 Å². The Morgan fingerprint density at radius 3 is 2.43 bits per heavy atom. The summed E-state index contributed by atoms with van der Waals surface area (Å²) in [6.45, 7) is 3.03. The molecule has 0 fully saturated rings. The summed E-state index contributed by atoms with van der Waals surface area (Å²) < 4.78 is 10.6. The van der Waals surface area contributed by atoms with E-state index in [1.54, 1.807) is 44.2 Å². The number of hydrogen-bond donors (Lipinski definition) is 1. The fourth-order valence-corrected chi connectivity index (χ4v) is 3.43. The molecule has 1 aliphatic rings. The van der Waals surface area contributed by atoms with Crippen molar-refractivity contribution in [3.8, 4) is 5.75 Å². The highest BCUT2D eigenvalue weighted by Crippen LogP contribution is 2.23. The molecule has 0 saturated carbocycles. The van der Waals surface area contributed by atoms with E-state index in [1.165, 1.54) is 11.1 Å². The maximum atomic E-state index is 12.5. The molecule has 0 radical (unpaired) electrons. The molecule has 0 aliphatic heterocycles. The van der Waals surface area contributed by atoms with Crippen LogP contribution in [-0.4, -0.2) is 36.9 Å². The number of rotatable bonds is 9. The number of fused-ring (bicyclic) bond motifs is 1. The molecule has 0 spiro atoms. The highest BCUT2D eigenvalue weighted by molar-refractivity contribution is 5.98. The zero-order chi connectivity index (χ0) is 21.5. The molecule has 1 N–H and O–H groups in total. The number of benzene rings is 2. The first-order chi connectivity index (χ1) is 14.4. The van der Waals surface area contributed by atoms with Gasteiger partial charge in [0, 0.05) is 5.56 Å². The first-order valence-corrected chi connectivity index (χ1v) is 10.2. The van der Waals surface area contributed by atoms with Crippen LogP contribution in [0.1, 0.15) is 41.8 Å². The summed E-state index contributed by atoms with van der Waals surface area (Å²) in [5, 5.41) is 2.63. The average molecular weight is 409 g/mol. The number of para-hydroxylation sites is 1. The molecule has 1 atom stereocenters. The van der Waals surface area contributed by atoms with Crippen LogP contribution in [-0.2, 0) is 27.2 Å². The number of carbonyl (C=O) groups excluding carboxylic acids is 3. The lowest BCUT2D eigenvalue weighted by atomic mass is 10.0. The monoisotopic (exact) mass is 409 g/mol. The molecular weight excluding hydrogens is 382 g/mol. The maximum absolute atomic E-state index is 12.5. The van der Waals surface area contributed by atoms with Crippen LogP contribution in [0.25, 0.3) is 0 Å². The number of carbonyl (C=O) groups is 3. The lowest BCUT2D eigenvalue weighted by Crippen LogP contribution is -2.47. The molecule has 6 heteroatoms. The van der Waals surface area contributed by atoms with Crippen LogP contribution in [0.3, 0.4) is 0 Å². The summed E-state index contributed by atoms with van der Waals surface area (Å²) in [5.74, 6) is -0.948. The largest absolute Gasteiger partial charge is 0.484 e. The van der Waals surface area contributed by atoms with Crippen molar-refractivity contribution in [2.45, 2.75) is 39.2 Å². The van der Waals surface area contributed by atoms with Gasteiger partial charge in [-0.05, 0) is 54.5 Å². The lowest BCUT2D eigenvalue weighted by Gasteiger charge is -2.20. The fraction of sp³-hybridized carbons (Fsp3) is 0.375. The highest BCUT2D eigenvalue weighted by Gasteiger charge is 2.26. The lowest BCUT2D eigenvalue weighted by molar-refractivity contribution is -0.148. The van der Waals surface area contributed by atoms with E-state index in [2.05, 4.69) is 5.32 Å². The minimum atomic E-state index is -0.857. The van der Waals surface area contributed by atoms with Gasteiger partial charge in [-0.2, -0.15) is 0 Å². The molecule has 0 saturated heterocycles. The third-order valence-corrected chi connectivity index (χ3v) is 5.12.